The summed E-state index contributed by atoms with van der Waals surface area (Å²) < 4.78 is 21.9. The fraction of sp³-hybridized carbons (Fsp3) is 0.318. The molecule has 176 valence electrons. The average molecular weight is 462 g/mol. The van der Waals surface area contributed by atoms with Crippen LogP contribution in [0.3, 0.4) is 0 Å². The molecule has 2 heterocycles. The Balaban J connectivity index is 1.77. The molecule has 5 atom stereocenters. The van der Waals surface area contributed by atoms with Crippen LogP contribution in [-0.4, -0.2) is 75.1 Å². The molecule has 33 heavy (non-hydrogen) atoms. The Bertz CT molecular complexity index is 1200. The zero-order valence-electron chi connectivity index (χ0n) is 17.3. The first-order chi connectivity index (χ1) is 15.7. The first-order valence-corrected chi connectivity index (χ1v) is 9.89. The molecular formula is C22H22O11. The second-order valence-electron chi connectivity index (χ2n) is 7.47. The maximum absolute atomic E-state index is 13.0. The van der Waals surface area contributed by atoms with Crippen LogP contribution in [0.1, 0.15) is 0 Å². The SMILES string of the molecule is COc1c(-c2ccc(O)cc2)oc2cc(O[C@H]3O[C@@H](CO)[C@H](O)[C@H](O)[C@@H]3O)cc(O)c2c1=O. The van der Waals surface area contributed by atoms with E-state index >= 15 is 0 Å². The predicted octanol–water partition coefficient (Wildman–Crippen LogP) is 0.0585. The molecule has 1 aliphatic heterocycles. The van der Waals surface area contributed by atoms with E-state index in [0.717, 1.165) is 6.07 Å². The van der Waals surface area contributed by atoms with Crippen LogP contribution >= 0.6 is 0 Å². The highest BCUT2D eigenvalue weighted by Crippen LogP contribution is 2.37. The first-order valence-electron chi connectivity index (χ1n) is 9.89. The van der Waals surface area contributed by atoms with E-state index in [4.69, 9.17) is 18.6 Å². The van der Waals surface area contributed by atoms with Crippen molar-refractivity contribution in [1.82, 2.24) is 0 Å². The van der Waals surface area contributed by atoms with Gasteiger partial charge in [0, 0.05) is 17.7 Å². The molecule has 0 amide bonds. The van der Waals surface area contributed by atoms with Crippen molar-refractivity contribution in [2.45, 2.75) is 30.7 Å². The number of aliphatic hydroxyl groups excluding tert-OH is 4. The molecule has 1 fully saturated rings. The van der Waals surface area contributed by atoms with Gasteiger partial charge < -0.3 is 49.3 Å². The number of fused-ring (bicyclic) bond motifs is 1. The quantitative estimate of drug-likeness (QED) is 0.302. The van der Waals surface area contributed by atoms with E-state index in [0.29, 0.717) is 5.56 Å². The second-order valence-corrected chi connectivity index (χ2v) is 7.47. The normalized spacial score (nSPS) is 25.2. The number of benzene rings is 2. The molecule has 4 rings (SSSR count). The number of aliphatic hydroxyl groups is 4. The van der Waals surface area contributed by atoms with Gasteiger partial charge in [-0.25, -0.2) is 0 Å². The van der Waals surface area contributed by atoms with Crippen LogP contribution in [0, 0.1) is 0 Å². The summed E-state index contributed by atoms with van der Waals surface area (Å²) >= 11 is 0. The molecule has 0 aliphatic carbocycles. The number of phenols is 2. The third-order valence-corrected chi connectivity index (χ3v) is 5.34. The molecule has 1 saturated heterocycles. The van der Waals surface area contributed by atoms with Gasteiger partial charge in [-0.15, -0.1) is 0 Å². The van der Waals surface area contributed by atoms with Gasteiger partial charge in [-0.1, -0.05) is 0 Å². The van der Waals surface area contributed by atoms with Crippen molar-refractivity contribution < 1.29 is 49.3 Å². The highest BCUT2D eigenvalue weighted by Gasteiger charge is 2.44. The Hall–Kier alpha value is -3.35. The Morgan fingerprint density at radius 2 is 1.70 bits per heavy atom. The third kappa shape index (κ3) is 4.08. The standard InChI is InChI=1S/C22H22O11/c1-30-21-17(27)15-12(25)6-11(31-22-19(29)18(28)16(26)14(8-23)33-22)7-13(15)32-20(21)9-2-4-10(24)5-3-9/h2-7,14,16,18-19,22-26,28-29H,8H2,1H3/t14-,16-,18-,19-,22-/m0/s1. The van der Waals surface area contributed by atoms with E-state index in [-0.39, 0.29) is 34.0 Å². The fourth-order valence-corrected chi connectivity index (χ4v) is 3.61. The van der Waals surface area contributed by atoms with Gasteiger partial charge in [0.15, 0.2) is 5.76 Å². The van der Waals surface area contributed by atoms with Gasteiger partial charge in [0.2, 0.25) is 17.5 Å². The smallest absolute Gasteiger partial charge is 0.239 e. The zero-order chi connectivity index (χ0) is 23.9. The van der Waals surface area contributed by atoms with Crippen molar-refractivity contribution in [2.75, 3.05) is 13.7 Å². The predicted molar refractivity (Wildman–Crippen MR) is 112 cm³/mol. The average Bonchev–Trinajstić information content (AvgIpc) is 2.79. The summed E-state index contributed by atoms with van der Waals surface area (Å²) in [7, 11) is 1.27. The lowest BCUT2D eigenvalue weighted by Gasteiger charge is -2.39. The van der Waals surface area contributed by atoms with Crippen LogP contribution in [-0.2, 0) is 4.74 Å². The van der Waals surface area contributed by atoms with Crippen molar-refractivity contribution >= 4 is 11.0 Å². The van der Waals surface area contributed by atoms with E-state index in [1.807, 2.05) is 0 Å². The molecule has 3 aromatic rings. The fourth-order valence-electron chi connectivity index (χ4n) is 3.61. The summed E-state index contributed by atoms with van der Waals surface area (Å²) in [6.07, 6.45) is -7.58. The summed E-state index contributed by atoms with van der Waals surface area (Å²) in [5.41, 5.74) is -0.314. The van der Waals surface area contributed by atoms with Crippen molar-refractivity contribution in [3.05, 3.63) is 46.6 Å². The number of aromatic hydroxyl groups is 2. The largest absolute Gasteiger partial charge is 0.508 e. The van der Waals surface area contributed by atoms with Crippen molar-refractivity contribution in [1.29, 1.82) is 0 Å². The molecule has 11 heteroatoms. The van der Waals surface area contributed by atoms with Gasteiger partial charge in [0.1, 0.15) is 52.6 Å². The molecule has 11 nitrogen and oxygen atoms in total. The molecule has 0 saturated carbocycles. The van der Waals surface area contributed by atoms with E-state index in [9.17, 15) is 35.4 Å². The van der Waals surface area contributed by atoms with Crippen LogP contribution in [0.15, 0.2) is 45.6 Å². The van der Waals surface area contributed by atoms with Crippen LogP contribution < -0.4 is 14.9 Å². The molecular weight excluding hydrogens is 440 g/mol. The minimum Gasteiger partial charge on any atom is -0.508 e. The minimum absolute atomic E-state index is 0.00807. The van der Waals surface area contributed by atoms with Crippen LogP contribution in [0.25, 0.3) is 22.3 Å². The Kier molecular flexibility index (Phi) is 6.15. The van der Waals surface area contributed by atoms with Gasteiger partial charge in [-0.05, 0) is 24.3 Å². The molecule has 1 aliphatic rings. The molecule has 1 aromatic heterocycles. The molecule has 2 aromatic carbocycles. The summed E-state index contributed by atoms with van der Waals surface area (Å²) in [5, 5.41) is 59.1. The molecule has 6 N–H and O–H groups in total. The number of hydrogen-bond donors (Lipinski definition) is 6. The van der Waals surface area contributed by atoms with Crippen molar-refractivity contribution in [3.63, 3.8) is 0 Å². The molecule has 0 radical (unpaired) electrons. The highest BCUT2D eigenvalue weighted by molar-refractivity contribution is 5.88. The van der Waals surface area contributed by atoms with Crippen molar-refractivity contribution in [2.24, 2.45) is 0 Å². The topological polar surface area (TPSA) is 179 Å². The van der Waals surface area contributed by atoms with Gasteiger partial charge in [0.25, 0.3) is 0 Å². The highest BCUT2D eigenvalue weighted by atomic mass is 16.7. The Morgan fingerprint density at radius 3 is 2.33 bits per heavy atom. The lowest BCUT2D eigenvalue weighted by atomic mass is 9.99. The number of ether oxygens (including phenoxy) is 3. The number of rotatable bonds is 5. The van der Waals surface area contributed by atoms with Gasteiger partial charge in [-0.2, -0.15) is 0 Å². The third-order valence-electron chi connectivity index (χ3n) is 5.34. The zero-order valence-corrected chi connectivity index (χ0v) is 17.3. The van der Waals surface area contributed by atoms with Gasteiger partial charge in [-0.3, -0.25) is 4.79 Å². The Labute approximate surface area is 186 Å². The summed E-state index contributed by atoms with van der Waals surface area (Å²) in [5.74, 6) is -0.704. The van der Waals surface area contributed by atoms with Crippen LogP contribution in [0.5, 0.6) is 23.0 Å². The summed E-state index contributed by atoms with van der Waals surface area (Å²) in [6.45, 7) is -0.640. The number of phenolic OH excluding ortho intramolecular Hbond substituents is 2. The minimum atomic E-state index is -1.67. The maximum Gasteiger partial charge on any atom is 0.239 e. The van der Waals surface area contributed by atoms with Gasteiger partial charge in [0.05, 0.1) is 13.7 Å². The molecule has 0 spiro atoms. The number of methoxy groups -OCH3 is 1. The lowest BCUT2D eigenvalue weighted by molar-refractivity contribution is -0.277. The van der Waals surface area contributed by atoms with Crippen LogP contribution in [0.2, 0.25) is 0 Å². The molecule has 0 unspecified atom stereocenters. The second kappa shape index (κ2) is 8.89. The van der Waals surface area contributed by atoms with Crippen molar-refractivity contribution in [3.8, 4) is 34.3 Å². The van der Waals surface area contributed by atoms with E-state index in [1.54, 1.807) is 0 Å². The maximum atomic E-state index is 13.0. The summed E-state index contributed by atoms with van der Waals surface area (Å²) in [6, 6.07) is 8.16. The van der Waals surface area contributed by atoms with E-state index < -0.39 is 48.5 Å². The van der Waals surface area contributed by atoms with Gasteiger partial charge >= 0.3 is 0 Å². The number of hydrogen-bond acceptors (Lipinski definition) is 11. The van der Waals surface area contributed by atoms with E-state index in [2.05, 4.69) is 0 Å². The lowest BCUT2D eigenvalue weighted by Crippen LogP contribution is -2.60. The monoisotopic (exact) mass is 462 g/mol. The first kappa shape index (κ1) is 22.8. The van der Waals surface area contributed by atoms with E-state index in [1.165, 1.54) is 37.4 Å². The Morgan fingerprint density at radius 1 is 1.00 bits per heavy atom. The van der Waals surface area contributed by atoms with Crippen LogP contribution in [0.4, 0.5) is 0 Å². The molecule has 0 bridgehead atoms. The summed E-state index contributed by atoms with van der Waals surface area (Å²) in [4.78, 5) is 13.0.